The van der Waals surface area contributed by atoms with Crippen molar-refractivity contribution in [2.45, 2.75) is 38.6 Å². The molecule has 1 aliphatic rings. The Bertz CT molecular complexity index is 723. The molecule has 0 aliphatic heterocycles. The van der Waals surface area contributed by atoms with Crippen LogP contribution in [0.15, 0.2) is 29.1 Å². The SMILES string of the molecule is Cn1c(=O)n(CC(=O)NCC2CCCCC2)c2ccccc21. The van der Waals surface area contributed by atoms with E-state index in [1.807, 2.05) is 24.3 Å². The molecule has 5 nitrogen and oxygen atoms in total. The zero-order valence-corrected chi connectivity index (χ0v) is 13.0. The number of benzene rings is 1. The van der Waals surface area contributed by atoms with Gasteiger partial charge >= 0.3 is 5.69 Å². The third kappa shape index (κ3) is 2.93. The number of nitrogens with zero attached hydrogens (tertiary/aromatic N) is 2. The van der Waals surface area contributed by atoms with E-state index < -0.39 is 0 Å². The standard InChI is InChI=1S/C17H23N3O2/c1-19-14-9-5-6-10-15(14)20(17(19)22)12-16(21)18-11-13-7-3-2-4-8-13/h5-6,9-10,13H,2-4,7-8,11-12H2,1H3,(H,18,21). The molecular formula is C17H23N3O2. The first-order valence-corrected chi connectivity index (χ1v) is 8.08. The van der Waals surface area contributed by atoms with Crippen molar-refractivity contribution in [3.8, 4) is 0 Å². The van der Waals surface area contributed by atoms with Crippen molar-refractivity contribution in [1.82, 2.24) is 14.5 Å². The number of imidazole rings is 1. The van der Waals surface area contributed by atoms with Gasteiger partial charge in [-0.1, -0.05) is 31.4 Å². The van der Waals surface area contributed by atoms with E-state index in [0.717, 1.165) is 17.6 Å². The van der Waals surface area contributed by atoms with E-state index in [1.165, 1.54) is 32.1 Å². The van der Waals surface area contributed by atoms with Gasteiger partial charge in [-0.25, -0.2) is 4.79 Å². The molecule has 1 fully saturated rings. The van der Waals surface area contributed by atoms with Crippen molar-refractivity contribution >= 4 is 16.9 Å². The molecule has 0 unspecified atom stereocenters. The second-order valence-electron chi connectivity index (χ2n) is 6.22. The Balaban J connectivity index is 1.69. The maximum absolute atomic E-state index is 12.3. The van der Waals surface area contributed by atoms with Crippen LogP contribution in [-0.2, 0) is 18.4 Å². The van der Waals surface area contributed by atoms with Crippen LogP contribution >= 0.6 is 0 Å². The van der Waals surface area contributed by atoms with Crippen molar-refractivity contribution in [3.63, 3.8) is 0 Å². The molecular weight excluding hydrogens is 278 g/mol. The van der Waals surface area contributed by atoms with Crippen LogP contribution < -0.4 is 11.0 Å². The zero-order valence-electron chi connectivity index (χ0n) is 13.0. The van der Waals surface area contributed by atoms with Gasteiger partial charge in [0.15, 0.2) is 0 Å². The van der Waals surface area contributed by atoms with Crippen LogP contribution in [0, 0.1) is 5.92 Å². The van der Waals surface area contributed by atoms with Crippen LogP contribution in [0.4, 0.5) is 0 Å². The first-order chi connectivity index (χ1) is 10.7. The Kier molecular flexibility index (Phi) is 4.32. The summed E-state index contributed by atoms with van der Waals surface area (Å²) < 4.78 is 3.13. The van der Waals surface area contributed by atoms with Crippen LogP contribution in [0.2, 0.25) is 0 Å². The minimum Gasteiger partial charge on any atom is -0.354 e. The van der Waals surface area contributed by atoms with Crippen molar-refractivity contribution < 1.29 is 4.79 Å². The average Bonchev–Trinajstić information content (AvgIpc) is 2.79. The molecule has 1 saturated carbocycles. The van der Waals surface area contributed by atoms with Crippen LogP contribution in [-0.4, -0.2) is 21.6 Å². The van der Waals surface area contributed by atoms with Gasteiger partial charge in [0, 0.05) is 13.6 Å². The van der Waals surface area contributed by atoms with Crippen LogP contribution in [0.3, 0.4) is 0 Å². The molecule has 1 aromatic heterocycles. The van der Waals surface area contributed by atoms with Crippen molar-refractivity contribution in [2.24, 2.45) is 13.0 Å². The fourth-order valence-electron chi connectivity index (χ4n) is 3.36. The summed E-state index contributed by atoms with van der Waals surface area (Å²) >= 11 is 0. The molecule has 2 aromatic rings. The molecule has 1 N–H and O–H groups in total. The Morgan fingerprint density at radius 3 is 2.59 bits per heavy atom. The molecule has 1 aromatic carbocycles. The third-order valence-electron chi connectivity index (χ3n) is 4.67. The molecule has 0 bridgehead atoms. The number of carbonyl (C=O) groups excluding carboxylic acids is 1. The van der Waals surface area contributed by atoms with E-state index in [2.05, 4.69) is 5.32 Å². The second-order valence-corrected chi connectivity index (χ2v) is 6.22. The van der Waals surface area contributed by atoms with Gasteiger partial charge in [-0.3, -0.25) is 13.9 Å². The number of aryl methyl sites for hydroxylation is 1. The summed E-state index contributed by atoms with van der Waals surface area (Å²) in [5, 5.41) is 2.99. The average molecular weight is 301 g/mol. The van der Waals surface area contributed by atoms with Gasteiger partial charge in [-0.05, 0) is 30.9 Å². The van der Waals surface area contributed by atoms with Crippen molar-refractivity contribution in [2.75, 3.05) is 6.54 Å². The van der Waals surface area contributed by atoms with Gasteiger partial charge in [0.1, 0.15) is 6.54 Å². The minimum atomic E-state index is -0.144. The van der Waals surface area contributed by atoms with E-state index >= 15 is 0 Å². The summed E-state index contributed by atoms with van der Waals surface area (Å²) in [6.45, 7) is 0.825. The molecule has 22 heavy (non-hydrogen) atoms. The number of amides is 1. The van der Waals surface area contributed by atoms with Crippen LogP contribution in [0.25, 0.3) is 11.0 Å². The number of fused-ring (bicyclic) bond motifs is 1. The molecule has 1 aliphatic carbocycles. The number of para-hydroxylation sites is 2. The lowest BCUT2D eigenvalue weighted by molar-refractivity contribution is -0.121. The van der Waals surface area contributed by atoms with Gasteiger partial charge < -0.3 is 5.32 Å². The first-order valence-electron chi connectivity index (χ1n) is 8.08. The predicted octanol–water partition coefficient (Wildman–Crippen LogP) is 2.04. The maximum atomic E-state index is 12.3. The Morgan fingerprint density at radius 1 is 1.18 bits per heavy atom. The molecule has 0 radical (unpaired) electrons. The third-order valence-corrected chi connectivity index (χ3v) is 4.67. The number of hydrogen-bond acceptors (Lipinski definition) is 2. The number of hydrogen-bond donors (Lipinski definition) is 1. The molecule has 0 saturated heterocycles. The molecule has 1 amide bonds. The summed E-state index contributed by atoms with van der Waals surface area (Å²) in [6, 6.07) is 7.56. The van der Waals surface area contributed by atoms with Gasteiger partial charge in [0.05, 0.1) is 11.0 Å². The Morgan fingerprint density at radius 2 is 1.86 bits per heavy atom. The Labute approximate surface area is 129 Å². The lowest BCUT2D eigenvalue weighted by Crippen LogP contribution is -2.35. The van der Waals surface area contributed by atoms with E-state index in [4.69, 9.17) is 0 Å². The van der Waals surface area contributed by atoms with Crippen molar-refractivity contribution in [1.29, 1.82) is 0 Å². The summed E-state index contributed by atoms with van der Waals surface area (Å²) in [5.74, 6) is 0.519. The largest absolute Gasteiger partial charge is 0.354 e. The zero-order chi connectivity index (χ0) is 15.5. The van der Waals surface area contributed by atoms with Gasteiger partial charge in [0.25, 0.3) is 0 Å². The topological polar surface area (TPSA) is 56.0 Å². The highest BCUT2D eigenvalue weighted by atomic mass is 16.2. The highest BCUT2D eigenvalue weighted by molar-refractivity contribution is 5.80. The second kappa shape index (κ2) is 6.38. The normalized spacial score (nSPS) is 16.0. The molecule has 118 valence electrons. The number of nitrogens with one attached hydrogen (secondary N) is 1. The van der Waals surface area contributed by atoms with Crippen LogP contribution in [0.1, 0.15) is 32.1 Å². The molecule has 0 atom stereocenters. The lowest BCUT2D eigenvalue weighted by atomic mass is 9.89. The van der Waals surface area contributed by atoms with E-state index in [0.29, 0.717) is 5.92 Å². The Hall–Kier alpha value is -2.04. The maximum Gasteiger partial charge on any atom is 0.329 e. The number of aromatic nitrogens is 2. The number of carbonyl (C=O) groups is 1. The monoisotopic (exact) mass is 301 g/mol. The summed E-state index contributed by atoms with van der Waals surface area (Å²) in [7, 11) is 1.74. The molecule has 0 spiro atoms. The van der Waals surface area contributed by atoms with E-state index in [1.54, 1.807) is 16.2 Å². The first kappa shape index (κ1) is 14.9. The van der Waals surface area contributed by atoms with Gasteiger partial charge in [-0.2, -0.15) is 0 Å². The van der Waals surface area contributed by atoms with Crippen LogP contribution in [0.5, 0.6) is 0 Å². The summed E-state index contributed by atoms with van der Waals surface area (Å²) in [6.07, 6.45) is 6.26. The molecule has 3 rings (SSSR count). The quantitative estimate of drug-likeness (QED) is 0.939. The van der Waals surface area contributed by atoms with Gasteiger partial charge in [0.2, 0.25) is 5.91 Å². The molecule has 1 heterocycles. The van der Waals surface area contributed by atoms with Crippen molar-refractivity contribution in [3.05, 3.63) is 34.7 Å². The fraction of sp³-hybridized carbons (Fsp3) is 0.529. The highest BCUT2D eigenvalue weighted by Crippen LogP contribution is 2.22. The highest BCUT2D eigenvalue weighted by Gasteiger charge is 2.16. The predicted molar refractivity (Wildman–Crippen MR) is 86.8 cm³/mol. The van der Waals surface area contributed by atoms with E-state index in [9.17, 15) is 9.59 Å². The van der Waals surface area contributed by atoms with Gasteiger partial charge in [-0.15, -0.1) is 0 Å². The van der Waals surface area contributed by atoms with E-state index in [-0.39, 0.29) is 18.1 Å². The molecule has 5 heteroatoms. The summed E-state index contributed by atoms with van der Waals surface area (Å²) in [5.41, 5.74) is 1.52. The smallest absolute Gasteiger partial charge is 0.329 e. The summed E-state index contributed by atoms with van der Waals surface area (Å²) in [4.78, 5) is 24.5. The fourth-order valence-corrected chi connectivity index (χ4v) is 3.36. The number of rotatable bonds is 4. The minimum absolute atomic E-state index is 0.0796. The lowest BCUT2D eigenvalue weighted by Gasteiger charge is -2.21.